The Kier molecular flexibility index (Phi) is 1.55. The van der Waals surface area contributed by atoms with Crippen LogP contribution in [0.5, 0.6) is 0 Å². The Hall–Kier alpha value is -1.35. The molecule has 0 bridgehead atoms. The van der Waals surface area contributed by atoms with E-state index in [-0.39, 0.29) is 17.5 Å². The number of carbonyl (C=O) groups excluding carboxylic acids is 1. The number of nitrogens with zero attached hydrogens (tertiary/aromatic N) is 1. The first kappa shape index (κ1) is 8.92. The number of fused-ring (bicyclic) bond motifs is 3. The van der Waals surface area contributed by atoms with Crippen molar-refractivity contribution in [3.63, 3.8) is 0 Å². The van der Waals surface area contributed by atoms with Gasteiger partial charge >= 0.3 is 0 Å². The topological polar surface area (TPSA) is 32.3 Å². The zero-order valence-electron chi connectivity index (χ0n) is 8.95. The van der Waals surface area contributed by atoms with E-state index in [1.54, 1.807) is 0 Å². The number of benzene rings is 1. The molecule has 1 atom stereocenters. The minimum atomic E-state index is 0.00273. The molecule has 1 saturated heterocycles. The Morgan fingerprint density at radius 2 is 2.13 bits per heavy atom. The van der Waals surface area contributed by atoms with Crippen molar-refractivity contribution < 1.29 is 4.79 Å². The highest BCUT2D eigenvalue weighted by molar-refractivity contribution is 6.00. The highest BCUT2D eigenvalue weighted by Crippen LogP contribution is 2.45. The number of rotatable bonds is 0. The van der Waals surface area contributed by atoms with Crippen molar-refractivity contribution >= 4 is 11.6 Å². The van der Waals surface area contributed by atoms with E-state index in [2.05, 4.69) is 25.2 Å². The minimum absolute atomic E-state index is 0.00273. The molecule has 2 aliphatic rings. The normalized spacial score (nSPS) is 26.7. The van der Waals surface area contributed by atoms with Gasteiger partial charge in [-0.3, -0.25) is 15.0 Å². The summed E-state index contributed by atoms with van der Waals surface area (Å²) in [5.74, 6) is 0.179. The number of hydrogen-bond acceptors (Lipinski definition) is 2. The SMILES string of the molecule is CC1(C)c2ccccc2N2C(=O)CNC21. The average Bonchev–Trinajstić information content (AvgIpc) is 2.69. The van der Waals surface area contributed by atoms with E-state index in [0.717, 1.165) is 5.69 Å². The molecule has 0 aliphatic carbocycles. The van der Waals surface area contributed by atoms with E-state index in [1.165, 1.54) is 5.56 Å². The van der Waals surface area contributed by atoms with Crippen LogP contribution < -0.4 is 10.2 Å². The van der Waals surface area contributed by atoms with Crippen molar-refractivity contribution in [2.45, 2.75) is 25.4 Å². The van der Waals surface area contributed by atoms with E-state index in [0.29, 0.717) is 6.54 Å². The van der Waals surface area contributed by atoms with Crippen LogP contribution >= 0.6 is 0 Å². The van der Waals surface area contributed by atoms with Crippen LogP contribution in [0.25, 0.3) is 0 Å². The van der Waals surface area contributed by atoms with Gasteiger partial charge in [0.2, 0.25) is 5.91 Å². The molecular formula is C12H14N2O. The van der Waals surface area contributed by atoms with Gasteiger partial charge in [-0.15, -0.1) is 0 Å². The summed E-state index contributed by atoms with van der Waals surface area (Å²) >= 11 is 0. The van der Waals surface area contributed by atoms with Crippen LogP contribution in [-0.4, -0.2) is 18.6 Å². The van der Waals surface area contributed by atoms with Crippen LogP contribution in [0.2, 0.25) is 0 Å². The maximum absolute atomic E-state index is 11.8. The predicted molar refractivity (Wildman–Crippen MR) is 58.7 cm³/mol. The van der Waals surface area contributed by atoms with E-state index >= 15 is 0 Å². The molecule has 3 nitrogen and oxygen atoms in total. The maximum Gasteiger partial charge on any atom is 0.242 e. The van der Waals surface area contributed by atoms with Crippen LogP contribution in [0, 0.1) is 0 Å². The number of amides is 1. The fourth-order valence-electron chi connectivity index (χ4n) is 2.73. The second kappa shape index (κ2) is 2.61. The van der Waals surface area contributed by atoms with E-state index in [1.807, 2.05) is 23.1 Å². The first-order valence-corrected chi connectivity index (χ1v) is 5.27. The van der Waals surface area contributed by atoms with Crippen molar-refractivity contribution in [1.82, 2.24) is 5.32 Å². The molecule has 0 radical (unpaired) electrons. The Balaban J connectivity index is 2.23. The molecule has 1 amide bonds. The fourth-order valence-corrected chi connectivity index (χ4v) is 2.73. The molecule has 1 aromatic carbocycles. The monoisotopic (exact) mass is 202 g/mol. The maximum atomic E-state index is 11.8. The molecule has 78 valence electrons. The van der Waals surface area contributed by atoms with Gasteiger partial charge in [-0.2, -0.15) is 0 Å². The molecule has 15 heavy (non-hydrogen) atoms. The molecule has 3 heteroatoms. The van der Waals surface area contributed by atoms with Crippen LogP contribution in [0.1, 0.15) is 19.4 Å². The van der Waals surface area contributed by atoms with E-state index in [9.17, 15) is 4.79 Å². The summed E-state index contributed by atoms with van der Waals surface area (Å²) in [5.41, 5.74) is 2.33. The average molecular weight is 202 g/mol. The van der Waals surface area contributed by atoms with Gasteiger partial charge in [-0.1, -0.05) is 32.0 Å². The smallest absolute Gasteiger partial charge is 0.242 e. The molecule has 1 N–H and O–H groups in total. The summed E-state index contributed by atoms with van der Waals surface area (Å²) in [5, 5.41) is 3.28. The van der Waals surface area contributed by atoms with Crippen molar-refractivity contribution in [2.24, 2.45) is 0 Å². The standard InChI is InChI=1S/C12H14N2O/c1-12(2)8-5-3-4-6-9(8)14-10(15)7-13-11(12)14/h3-6,11,13H,7H2,1-2H3. The number of para-hydroxylation sites is 1. The Morgan fingerprint density at radius 1 is 1.40 bits per heavy atom. The predicted octanol–water partition coefficient (Wildman–Crippen LogP) is 1.24. The van der Waals surface area contributed by atoms with Crippen molar-refractivity contribution in [1.29, 1.82) is 0 Å². The molecule has 0 saturated carbocycles. The Morgan fingerprint density at radius 3 is 2.93 bits per heavy atom. The zero-order valence-corrected chi connectivity index (χ0v) is 8.95. The Bertz CT molecular complexity index is 439. The molecule has 2 heterocycles. The third kappa shape index (κ3) is 0.960. The number of carbonyl (C=O) groups is 1. The number of nitrogens with one attached hydrogen (secondary N) is 1. The van der Waals surface area contributed by atoms with Gasteiger partial charge < -0.3 is 0 Å². The van der Waals surface area contributed by atoms with Gasteiger partial charge in [0.15, 0.2) is 0 Å². The molecule has 0 spiro atoms. The zero-order chi connectivity index (χ0) is 10.6. The summed E-state index contributed by atoms with van der Waals surface area (Å²) in [6.45, 7) is 4.83. The van der Waals surface area contributed by atoms with Crippen molar-refractivity contribution in [2.75, 3.05) is 11.4 Å². The molecule has 1 unspecified atom stereocenters. The summed E-state index contributed by atoms with van der Waals surface area (Å²) < 4.78 is 0. The third-order valence-electron chi connectivity index (χ3n) is 3.51. The van der Waals surface area contributed by atoms with Gasteiger partial charge in [-0.05, 0) is 11.6 Å². The number of hydrogen-bond donors (Lipinski definition) is 1. The minimum Gasteiger partial charge on any atom is -0.294 e. The largest absolute Gasteiger partial charge is 0.294 e. The summed E-state index contributed by atoms with van der Waals surface area (Å²) in [7, 11) is 0. The summed E-state index contributed by atoms with van der Waals surface area (Å²) in [6, 6.07) is 8.17. The van der Waals surface area contributed by atoms with Crippen LogP contribution in [0.3, 0.4) is 0 Å². The lowest BCUT2D eigenvalue weighted by Gasteiger charge is -2.27. The van der Waals surface area contributed by atoms with Crippen LogP contribution in [0.4, 0.5) is 5.69 Å². The lowest BCUT2D eigenvalue weighted by atomic mass is 9.84. The highest BCUT2D eigenvalue weighted by Gasteiger charge is 2.49. The molecule has 2 aliphatic heterocycles. The molecule has 1 aromatic rings. The van der Waals surface area contributed by atoms with Crippen LogP contribution in [-0.2, 0) is 10.2 Å². The van der Waals surface area contributed by atoms with Crippen LogP contribution in [0.15, 0.2) is 24.3 Å². The molecule has 3 rings (SSSR count). The molecule has 0 aromatic heterocycles. The lowest BCUT2D eigenvalue weighted by Crippen LogP contribution is -2.44. The van der Waals surface area contributed by atoms with E-state index in [4.69, 9.17) is 0 Å². The van der Waals surface area contributed by atoms with Crippen molar-refractivity contribution in [3.8, 4) is 0 Å². The van der Waals surface area contributed by atoms with Gasteiger partial charge in [0.25, 0.3) is 0 Å². The second-order valence-corrected chi connectivity index (χ2v) is 4.79. The summed E-state index contributed by atoms with van der Waals surface area (Å²) in [4.78, 5) is 13.7. The van der Waals surface area contributed by atoms with Gasteiger partial charge in [0.05, 0.1) is 12.7 Å². The second-order valence-electron chi connectivity index (χ2n) is 4.79. The Labute approximate surface area is 89.1 Å². The number of anilines is 1. The highest BCUT2D eigenvalue weighted by atomic mass is 16.2. The molecular weight excluding hydrogens is 188 g/mol. The first-order valence-electron chi connectivity index (χ1n) is 5.27. The van der Waals surface area contributed by atoms with Gasteiger partial charge in [0, 0.05) is 11.1 Å². The summed E-state index contributed by atoms with van der Waals surface area (Å²) in [6.07, 6.45) is 0.127. The third-order valence-corrected chi connectivity index (χ3v) is 3.51. The lowest BCUT2D eigenvalue weighted by molar-refractivity contribution is -0.116. The van der Waals surface area contributed by atoms with Gasteiger partial charge in [0.1, 0.15) is 0 Å². The molecule has 1 fully saturated rings. The van der Waals surface area contributed by atoms with E-state index < -0.39 is 0 Å². The van der Waals surface area contributed by atoms with Gasteiger partial charge in [-0.25, -0.2) is 0 Å². The quantitative estimate of drug-likeness (QED) is 0.686. The van der Waals surface area contributed by atoms with Crippen molar-refractivity contribution in [3.05, 3.63) is 29.8 Å². The first-order chi connectivity index (χ1) is 7.12. The fraction of sp³-hybridized carbons (Fsp3) is 0.417.